The van der Waals surface area contributed by atoms with E-state index >= 15 is 0 Å². The summed E-state index contributed by atoms with van der Waals surface area (Å²) < 4.78 is 10.7. The van der Waals surface area contributed by atoms with Gasteiger partial charge in [-0.25, -0.2) is 9.69 Å². The number of nitrogens with zero attached hydrogens (tertiary/aromatic N) is 1. The van der Waals surface area contributed by atoms with E-state index in [4.69, 9.17) is 21.4 Å². The number of carbonyl (C=O) groups excluding carboxylic acids is 1. The molecule has 0 radical (unpaired) electrons. The number of thiocarbonyl (C=S) groups is 1. The number of hydrogen-bond donors (Lipinski definition) is 0. The van der Waals surface area contributed by atoms with E-state index in [0.717, 1.165) is 0 Å². The summed E-state index contributed by atoms with van der Waals surface area (Å²) in [6, 6.07) is 12.5. The zero-order chi connectivity index (χ0) is 15.5. The number of ether oxygens (including phenoxy) is 1. The van der Waals surface area contributed by atoms with E-state index < -0.39 is 11.7 Å². The maximum absolute atomic E-state index is 12.5. The fourth-order valence-electron chi connectivity index (χ4n) is 1.70. The summed E-state index contributed by atoms with van der Waals surface area (Å²) in [5.41, 5.74) is 0.0243. The number of amides is 1. The second-order valence-corrected chi connectivity index (χ2v) is 5.82. The van der Waals surface area contributed by atoms with Crippen molar-refractivity contribution in [1.29, 1.82) is 0 Å². The Hall–Kier alpha value is -2.14. The van der Waals surface area contributed by atoms with Crippen molar-refractivity contribution >= 4 is 29.0 Å². The Labute approximate surface area is 129 Å². The van der Waals surface area contributed by atoms with E-state index in [0.29, 0.717) is 11.4 Å². The zero-order valence-corrected chi connectivity index (χ0v) is 13.0. The molecule has 0 saturated heterocycles. The fraction of sp³-hybridized carbons (Fsp3) is 0.250. The number of carbonyl (C=O) groups is 1. The minimum atomic E-state index is -0.608. The molecule has 2 aromatic rings. The molecule has 0 aliphatic carbocycles. The fourth-order valence-corrected chi connectivity index (χ4v) is 2.00. The predicted octanol–water partition coefficient (Wildman–Crippen LogP) is 4.40. The summed E-state index contributed by atoms with van der Waals surface area (Å²) >= 11 is 5.37. The second-order valence-electron chi connectivity index (χ2n) is 5.43. The van der Waals surface area contributed by atoms with E-state index in [9.17, 15) is 4.79 Å². The van der Waals surface area contributed by atoms with Gasteiger partial charge in [0.15, 0.2) is 10.7 Å². The number of hydrogen-bond acceptors (Lipinski definition) is 4. The van der Waals surface area contributed by atoms with Crippen LogP contribution in [0.3, 0.4) is 0 Å². The van der Waals surface area contributed by atoms with Gasteiger partial charge in [0.05, 0.1) is 12.0 Å². The van der Waals surface area contributed by atoms with E-state index in [2.05, 4.69) is 0 Å². The Morgan fingerprint density at radius 2 is 1.81 bits per heavy atom. The molecule has 5 heteroatoms. The molecular weight excluding hydrogens is 286 g/mol. The Kier molecular flexibility index (Phi) is 4.43. The minimum Gasteiger partial charge on any atom is -0.462 e. The number of furan rings is 1. The lowest BCUT2D eigenvalue weighted by Crippen LogP contribution is -2.40. The van der Waals surface area contributed by atoms with Crippen molar-refractivity contribution < 1.29 is 13.9 Å². The lowest BCUT2D eigenvalue weighted by atomic mass is 10.2. The smallest absolute Gasteiger partial charge is 0.420 e. The molecule has 1 heterocycles. The van der Waals surface area contributed by atoms with Crippen molar-refractivity contribution in [2.75, 3.05) is 4.90 Å². The van der Waals surface area contributed by atoms with E-state index in [-0.39, 0.29) is 4.99 Å². The first-order chi connectivity index (χ1) is 9.88. The molecule has 0 saturated carbocycles. The van der Waals surface area contributed by atoms with E-state index in [1.807, 2.05) is 39.0 Å². The average Bonchev–Trinajstić information content (AvgIpc) is 2.91. The average molecular weight is 303 g/mol. The molecule has 0 aliphatic heterocycles. The van der Waals surface area contributed by atoms with Gasteiger partial charge in [0.25, 0.3) is 0 Å². The predicted molar refractivity (Wildman–Crippen MR) is 85.6 cm³/mol. The van der Waals surface area contributed by atoms with Crippen molar-refractivity contribution in [3.05, 3.63) is 54.5 Å². The highest BCUT2D eigenvalue weighted by Gasteiger charge is 2.28. The van der Waals surface area contributed by atoms with Gasteiger partial charge >= 0.3 is 6.09 Å². The Morgan fingerprint density at radius 1 is 1.14 bits per heavy atom. The molecular formula is C16H17NO3S. The second kappa shape index (κ2) is 6.10. The van der Waals surface area contributed by atoms with Gasteiger partial charge in [0.2, 0.25) is 0 Å². The standard InChI is InChI=1S/C16H17NO3S/c1-16(2,3)20-15(18)17(12-8-5-4-6-9-12)14(21)13-10-7-11-19-13/h4-11H,1-3H3. The molecule has 1 aromatic heterocycles. The van der Waals surface area contributed by atoms with Crippen molar-refractivity contribution in [2.45, 2.75) is 26.4 Å². The van der Waals surface area contributed by atoms with E-state index in [1.54, 1.807) is 24.3 Å². The molecule has 0 atom stereocenters. The zero-order valence-electron chi connectivity index (χ0n) is 12.2. The van der Waals surface area contributed by atoms with Gasteiger partial charge in [-0.3, -0.25) is 0 Å². The first-order valence-electron chi connectivity index (χ1n) is 6.54. The summed E-state index contributed by atoms with van der Waals surface area (Å²) in [5, 5.41) is 0. The monoisotopic (exact) mass is 303 g/mol. The molecule has 0 bridgehead atoms. The van der Waals surface area contributed by atoms with Crippen molar-refractivity contribution in [3.63, 3.8) is 0 Å². The van der Waals surface area contributed by atoms with Gasteiger partial charge in [-0.05, 0) is 45.0 Å². The van der Waals surface area contributed by atoms with Crippen LogP contribution in [0.5, 0.6) is 0 Å². The van der Waals surface area contributed by atoms with Crippen LogP contribution >= 0.6 is 12.2 Å². The minimum absolute atomic E-state index is 0.264. The lowest BCUT2D eigenvalue weighted by molar-refractivity contribution is 0.0604. The van der Waals surface area contributed by atoms with Crippen LogP contribution in [-0.2, 0) is 4.74 Å². The summed E-state index contributed by atoms with van der Waals surface area (Å²) in [5.74, 6) is 0.444. The van der Waals surface area contributed by atoms with Crippen molar-refractivity contribution in [3.8, 4) is 0 Å². The molecule has 0 spiro atoms. The van der Waals surface area contributed by atoms with Gasteiger partial charge in [0, 0.05) is 0 Å². The van der Waals surface area contributed by atoms with Gasteiger partial charge in [-0.1, -0.05) is 30.4 Å². The lowest BCUT2D eigenvalue weighted by Gasteiger charge is -2.27. The van der Waals surface area contributed by atoms with Crippen molar-refractivity contribution in [1.82, 2.24) is 0 Å². The first-order valence-corrected chi connectivity index (χ1v) is 6.95. The van der Waals surface area contributed by atoms with Crippen LogP contribution < -0.4 is 4.90 Å². The highest BCUT2D eigenvalue weighted by Crippen LogP contribution is 2.21. The van der Waals surface area contributed by atoms with Crippen molar-refractivity contribution in [2.24, 2.45) is 0 Å². The van der Waals surface area contributed by atoms with Gasteiger partial charge in [-0.15, -0.1) is 0 Å². The van der Waals surface area contributed by atoms with Crippen LogP contribution in [-0.4, -0.2) is 16.7 Å². The molecule has 0 unspecified atom stereocenters. The summed E-state index contributed by atoms with van der Waals surface area (Å²) in [6.45, 7) is 5.43. The summed E-state index contributed by atoms with van der Waals surface area (Å²) in [4.78, 5) is 14.1. The Balaban J connectivity index is 2.36. The number of rotatable bonds is 2. The molecule has 110 valence electrons. The third-order valence-electron chi connectivity index (χ3n) is 2.53. The highest BCUT2D eigenvalue weighted by molar-refractivity contribution is 7.81. The quantitative estimate of drug-likeness (QED) is 0.771. The van der Waals surface area contributed by atoms with Crippen LogP contribution in [0.4, 0.5) is 10.5 Å². The highest BCUT2D eigenvalue weighted by atomic mass is 32.1. The number of benzene rings is 1. The Bertz CT molecular complexity index is 615. The molecule has 0 fully saturated rings. The van der Waals surface area contributed by atoms with Crippen LogP contribution in [0.1, 0.15) is 26.5 Å². The largest absolute Gasteiger partial charge is 0.462 e. The maximum Gasteiger partial charge on any atom is 0.420 e. The first kappa shape index (κ1) is 15.3. The number of anilines is 1. The van der Waals surface area contributed by atoms with Crippen LogP contribution in [0.2, 0.25) is 0 Å². The molecule has 1 amide bonds. The molecule has 2 rings (SSSR count). The van der Waals surface area contributed by atoms with E-state index in [1.165, 1.54) is 11.2 Å². The molecule has 21 heavy (non-hydrogen) atoms. The normalized spacial score (nSPS) is 11.0. The topological polar surface area (TPSA) is 42.7 Å². The number of para-hydroxylation sites is 1. The van der Waals surface area contributed by atoms with Crippen LogP contribution in [0.15, 0.2) is 53.1 Å². The van der Waals surface area contributed by atoms with Gasteiger partial charge < -0.3 is 9.15 Å². The Morgan fingerprint density at radius 3 is 2.33 bits per heavy atom. The molecule has 1 aromatic carbocycles. The molecule has 0 N–H and O–H groups in total. The SMILES string of the molecule is CC(C)(C)OC(=O)N(C(=S)c1ccco1)c1ccccc1. The third-order valence-corrected chi connectivity index (χ3v) is 2.91. The van der Waals surface area contributed by atoms with Crippen LogP contribution in [0.25, 0.3) is 0 Å². The third kappa shape index (κ3) is 3.92. The summed E-state index contributed by atoms with van der Waals surface area (Å²) in [6.07, 6.45) is 0.981. The molecule has 0 aliphatic rings. The van der Waals surface area contributed by atoms with Crippen LogP contribution in [0, 0.1) is 0 Å². The summed E-state index contributed by atoms with van der Waals surface area (Å²) in [7, 11) is 0. The molecule has 4 nitrogen and oxygen atoms in total. The van der Waals surface area contributed by atoms with Gasteiger partial charge in [0.1, 0.15) is 5.60 Å². The maximum atomic E-state index is 12.5. The van der Waals surface area contributed by atoms with Gasteiger partial charge in [-0.2, -0.15) is 0 Å².